The maximum atomic E-state index is 13.3. The van der Waals surface area contributed by atoms with E-state index in [9.17, 15) is 8.78 Å². The first-order valence-electron chi connectivity index (χ1n) is 7.31. The smallest absolute Gasteiger partial charge is 0.159 e. The molecule has 21 heavy (non-hydrogen) atoms. The normalized spacial score (nSPS) is 12.4. The SMILES string of the molecule is CCNC(Cc1ccc(C)cc1)Cc1ccc(F)c(F)c1. The average Bonchev–Trinajstić information content (AvgIpc) is 2.46. The van der Waals surface area contributed by atoms with Gasteiger partial charge in [-0.05, 0) is 49.6 Å². The molecule has 2 rings (SSSR count). The van der Waals surface area contributed by atoms with Gasteiger partial charge in [-0.2, -0.15) is 0 Å². The molecule has 0 aliphatic heterocycles. The first kappa shape index (κ1) is 15.6. The minimum Gasteiger partial charge on any atom is -0.314 e. The second-order valence-electron chi connectivity index (χ2n) is 5.40. The summed E-state index contributed by atoms with van der Waals surface area (Å²) in [6.45, 7) is 4.96. The van der Waals surface area contributed by atoms with Crippen LogP contribution in [0.15, 0.2) is 42.5 Å². The van der Waals surface area contributed by atoms with Gasteiger partial charge in [0.05, 0.1) is 0 Å². The Bertz CT molecular complexity index is 578. The third-order valence-electron chi connectivity index (χ3n) is 3.56. The highest BCUT2D eigenvalue weighted by atomic mass is 19.2. The first-order valence-corrected chi connectivity index (χ1v) is 7.31. The summed E-state index contributed by atoms with van der Waals surface area (Å²) in [6.07, 6.45) is 1.55. The fourth-order valence-electron chi connectivity index (χ4n) is 2.46. The lowest BCUT2D eigenvalue weighted by atomic mass is 9.98. The minimum absolute atomic E-state index is 0.211. The molecular weight excluding hydrogens is 268 g/mol. The van der Waals surface area contributed by atoms with Crippen LogP contribution in [-0.2, 0) is 12.8 Å². The van der Waals surface area contributed by atoms with Crippen molar-refractivity contribution >= 4 is 0 Å². The number of aryl methyl sites for hydroxylation is 1. The molecule has 0 aromatic heterocycles. The molecule has 0 aliphatic rings. The lowest BCUT2D eigenvalue weighted by Gasteiger charge is -2.18. The van der Waals surface area contributed by atoms with E-state index in [1.165, 1.54) is 23.3 Å². The van der Waals surface area contributed by atoms with Crippen LogP contribution in [0.2, 0.25) is 0 Å². The lowest BCUT2D eigenvalue weighted by molar-refractivity contribution is 0.498. The third kappa shape index (κ3) is 4.64. The Kier molecular flexibility index (Phi) is 5.45. The highest BCUT2D eigenvalue weighted by Gasteiger charge is 2.11. The van der Waals surface area contributed by atoms with Crippen molar-refractivity contribution in [2.75, 3.05) is 6.54 Å². The predicted molar refractivity (Wildman–Crippen MR) is 82.4 cm³/mol. The summed E-state index contributed by atoms with van der Waals surface area (Å²) >= 11 is 0. The fourth-order valence-corrected chi connectivity index (χ4v) is 2.46. The van der Waals surface area contributed by atoms with Crippen LogP contribution in [-0.4, -0.2) is 12.6 Å². The predicted octanol–water partition coefficient (Wildman–Crippen LogP) is 4.04. The monoisotopic (exact) mass is 289 g/mol. The Labute approximate surface area is 125 Å². The van der Waals surface area contributed by atoms with Crippen LogP contribution in [0.4, 0.5) is 8.78 Å². The van der Waals surface area contributed by atoms with Gasteiger partial charge in [0.2, 0.25) is 0 Å². The topological polar surface area (TPSA) is 12.0 Å². The number of likely N-dealkylation sites (N-methyl/N-ethyl adjacent to an activating group) is 1. The van der Waals surface area contributed by atoms with Gasteiger partial charge in [0.1, 0.15) is 0 Å². The zero-order chi connectivity index (χ0) is 15.2. The maximum absolute atomic E-state index is 13.3. The Morgan fingerprint density at radius 3 is 2.14 bits per heavy atom. The van der Waals surface area contributed by atoms with Crippen LogP contribution in [0.1, 0.15) is 23.6 Å². The van der Waals surface area contributed by atoms with Crippen LogP contribution in [0.5, 0.6) is 0 Å². The number of rotatable bonds is 6. The quantitative estimate of drug-likeness (QED) is 0.846. The average molecular weight is 289 g/mol. The van der Waals surface area contributed by atoms with E-state index in [1.807, 2.05) is 6.92 Å². The molecule has 2 aromatic rings. The highest BCUT2D eigenvalue weighted by molar-refractivity contribution is 5.24. The molecule has 0 bridgehead atoms. The van der Waals surface area contributed by atoms with Crippen LogP contribution in [0.3, 0.4) is 0 Å². The lowest BCUT2D eigenvalue weighted by Crippen LogP contribution is -2.33. The Balaban J connectivity index is 2.07. The highest BCUT2D eigenvalue weighted by Crippen LogP contribution is 2.13. The molecular formula is C18H21F2N. The summed E-state index contributed by atoms with van der Waals surface area (Å²) < 4.78 is 26.3. The van der Waals surface area contributed by atoms with Gasteiger partial charge in [0, 0.05) is 6.04 Å². The number of hydrogen-bond acceptors (Lipinski definition) is 1. The van der Waals surface area contributed by atoms with E-state index in [0.29, 0.717) is 6.42 Å². The number of hydrogen-bond donors (Lipinski definition) is 1. The summed E-state index contributed by atoms with van der Waals surface area (Å²) in [6, 6.07) is 12.8. The van der Waals surface area contributed by atoms with Crippen molar-refractivity contribution < 1.29 is 8.78 Å². The molecule has 112 valence electrons. The van der Waals surface area contributed by atoms with Gasteiger partial charge in [-0.3, -0.25) is 0 Å². The molecule has 2 aromatic carbocycles. The van der Waals surface area contributed by atoms with E-state index >= 15 is 0 Å². The van der Waals surface area contributed by atoms with Crippen molar-refractivity contribution in [3.05, 3.63) is 70.8 Å². The molecule has 1 unspecified atom stereocenters. The van der Waals surface area contributed by atoms with Crippen LogP contribution in [0.25, 0.3) is 0 Å². The molecule has 1 nitrogen and oxygen atoms in total. The van der Waals surface area contributed by atoms with Gasteiger partial charge in [-0.25, -0.2) is 8.78 Å². The summed E-state index contributed by atoms with van der Waals surface area (Å²) in [5.41, 5.74) is 3.29. The first-order chi connectivity index (χ1) is 10.1. The summed E-state index contributed by atoms with van der Waals surface area (Å²) in [7, 11) is 0. The number of benzene rings is 2. The molecule has 0 saturated heterocycles. The van der Waals surface area contributed by atoms with Crippen molar-refractivity contribution in [2.45, 2.75) is 32.7 Å². The van der Waals surface area contributed by atoms with Crippen molar-refractivity contribution in [2.24, 2.45) is 0 Å². The van der Waals surface area contributed by atoms with Crippen LogP contribution in [0, 0.1) is 18.6 Å². The molecule has 0 amide bonds. The van der Waals surface area contributed by atoms with Crippen molar-refractivity contribution in [1.82, 2.24) is 5.32 Å². The molecule has 0 heterocycles. The maximum Gasteiger partial charge on any atom is 0.159 e. The van der Waals surface area contributed by atoms with E-state index in [0.717, 1.165) is 18.5 Å². The van der Waals surface area contributed by atoms with Crippen molar-refractivity contribution in [1.29, 1.82) is 0 Å². The van der Waals surface area contributed by atoms with Gasteiger partial charge in [0.25, 0.3) is 0 Å². The van der Waals surface area contributed by atoms with Gasteiger partial charge in [-0.1, -0.05) is 42.8 Å². The molecule has 1 atom stereocenters. The van der Waals surface area contributed by atoms with Crippen molar-refractivity contribution in [3.63, 3.8) is 0 Å². The standard InChI is InChI=1S/C18H21F2N/c1-3-21-16(10-14-6-4-13(2)5-7-14)11-15-8-9-17(19)18(20)12-15/h4-9,12,16,21H,3,10-11H2,1-2H3. The second-order valence-corrected chi connectivity index (χ2v) is 5.40. The van der Waals surface area contributed by atoms with E-state index < -0.39 is 11.6 Å². The van der Waals surface area contributed by atoms with E-state index in [4.69, 9.17) is 0 Å². The summed E-state index contributed by atoms with van der Waals surface area (Å²) in [5.74, 6) is -1.57. The summed E-state index contributed by atoms with van der Waals surface area (Å²) in [4.78, 5) is 0. The molecule has 3 heteroatoms. The van der Waals surface area contributed by atoms with E-state index in [1.54, 1.807) is 6.07 Å². The van der Waals surface area contributed by atoms with Crippen molar-refractivity contribution in [3.8, 4) is 0 Å². The van der Waals surface area contributed by atoms with E-state index in [-0.39, 0.29) is 6.04 Å². The van der Waals surface area contributed by atoms with Gasteiger partial charge in [0.15, 0.2) is 11.6 Å². The molecule has 1 N–H and O–H groups in total. The number of halogens is 2. The number of nitrogens with one attached hydrogen (secondary N) is 1. The second kappa shape index (κ2) is 7.32. The Hall–Kier alpha value is -1.74. The minimum atomic E-state index is -0.794. The molecule has 0 saturated carbocycles. The largest absolute Gasteiger partial charge is 0.314 e. The third-order valence-corrected chi connectivity index (χ3v) is 3.56. The van der Waals surface area contributed by atoms with Gasteiger partial charge < -0.3 is 5.32 Å². The molecule has 0 spiro atoms. The Morgan fingerprint density at radius 1 is 0.905 bits per heavy atom. The fraction of sp³-hybridized carbons (Fsp3) is 0.333. The van der Waals surface area contributed by atoms with Gasteiger partial charge >= 0.3 is 0 Å². The van der Waals surface area contributed by atoms with Gasteiger partial charge in [-0.15, -0.1) is 0 Å². The van der Waals surface area contributed by atoms with E-state index in [2.05, 4.69) is 36.5 Å². The zero-order valence-electron chi connectivity index (χ0n) is 12.5. The van der Waals surface area contributed by atoms with Crippen LogP contribution >= 0.6 is 0 Å². The zero-order valence-corrected chi connectivity index (χ0v) is 12.5. The Morgan fingerprint density at radius 2 is 1.52 bits per heavy atom. The summed E-state index contributed by atoms with van der Waals surface area (Å²) in [5, 5.41) is 3.41. The van der Waals surface area contributed by atoms with Crippen LogP contribution < -0.4 is 5.32 Å². The molecule has 0 aliphatic carbocycles. The molecule has 0 radical (unpaired) electrons. The molecule has 0 fully saturated rings.